The molecule has 0 fully saturated rings. The fraction of sp³-hybridized carbons (Fsp3) is 0. The van der Waals surface area contributed by atoms with Gasteiger partial charge in [-0.15, -0.1) is 0 Å². The molecule has 560 valence electrons. The Morgan fingerprint density at radius 1 is 0.175 bits per heavy atom. The summed E-state index contributed by atoms with van der Waals surface area (Å²) in [6, 6.07) is 136. The molecule has 8 aromatic heterocycles. The lowest BCUT2D eigenvalue weighted by Crippen LogP contribution is -2.01. The lowest BCUT2D eigenvalue weighted by Gasteiger charge is -2.12. The smallest absolute Gasteiger partial charge is 0.164 e. The Kier molecular flexibility index (Phi) is 16.6. The molecule has 0 atom stereocenters. The lowest BCUT2D eigenvalue weighted by atomic mass is 9.96. The fourth-order valence-corrected chi connectivity index (χ4v) is 17.0. The molecule has 0 spiro atoms. The van der Waals surface area contributed by atoms with Gasteiger partial charge >= 0.3 is 0 Å². The van der Waals surface area contributed by atoms with Gasteiger partial charge in [-0.05, 0) is 124 Å². The maximum Gasteiger partial charge on any atom is 0.164 e. The van der Waals surface area contributed by atoms with Crippen LogP contribution in [0.2, 0.25) is 0 Å². The van der Waals surface area contributed by atoms with Gasteiger partial charge in [0.25, 0.3) is 0 Å². The molecule has 0 N–H and O–H groups in total. The van der Waals surface area contributed by atoms with Crippen molar-refractivity contribution in [3.8, 4) is 130 Å². The Morgan fingerprint density at radius 3 is 0.975 bits per heavy atom. The highest BCUT2D eigenvalue weighted by atomic mass is 16.3. The van der Waals surface area contributed by atoms with Crippen LogP contribution in [0.25, 0.3) is 239 Å². The minimum Gasteiger partial charge on any atom is -0.456 e. The van der Waals surface area contributed by atoms with Gasteiger partial charge in [0.2, 0.25) is 0 Å². The molecule has 0 amide bonds. The maximum absolute atomic E-state index is 6.67. The Labute approximate surface area is 687 Å². The number of nitrogens with zero attached hydrogens (tertiary/aromatic N) is 9. The maximum atomic E-state index is 6.67. The summed E-state index contributed by atoms with van der Waals surface area (Å²) in [5.41, 5.74) is 25.3. The summed E-state index contributed by atoms with van der Waals surface area (Å²) in [6.07, 6.45) is 0. The van der Waals surface area contributed by atoms with Crippen molar-refractivity contribution in [1.82, 2.24) is 44.4 Å². The molecule has 0 aliphatic heterocycles. The van der Waals surface area contributed by atoms with E-state index in [4.69, 9.17) is 53.1 Å². The number of hydrogen-bond donors (Lipinski definition) is 0. The number of benzene rings is 16. The van der Waals surface area contributed by atoms with E-state index in [1.165, 1.54) is 21.9 Å². The first-order chi connectivity index (χ1) is 59.4. The minimum atomic E-state index is 0.556. The molecule has 8 heterocycles. The van der Waals surface area contributed by atoms with Crippen LogP contribution in [0.1, 0.15) is 0 Å². The van der Waals surface area contributed by atoms with Gasteiger partial charge in [-0.25, -0.2) is 39.9 Å². The van der Waals surface area contributed by atoms with E-state index in [1.807, 2.05) is 146 Å². The van der Waals surface area contributed by atoms with E-state index >= 15 is 0 Å². The van der Waals surface area contributed by atoms with Crippen molar-refractivity contribution in [2.24, 2.45) is 0 Å². The largest absolute Gasteiger partial charge is 0.456 e. The predicted molar refractivity (Wildman–Crippen MR) is 486 cm³/mol. The molecule has 0 saturated heterocycles. The monoisotopic (exact) mass is 1540 g/mol. The second-order valence-electron chi connectivity index (χ2n) is 30.0. The van der Waals surface area contributed by atoms with E-state index < -0.39 is 0 Å². The van der Waals surface area contributed by atoms with E-state index in [9.17, 15) is 0 Å². The van der Waals surface area contributed by atoms with Crippen molar-refractivity contribution in [2.75, 3.05) is 0 Å². The molecular weight excluding hydrogens is 1470 g/mol. The van der Waals surface area contributed by atoms with Crippen LogP contribution in [-0.2, 0) is 0 Å². The standard InChI is InChI=1S/C54H33N5O.C54H32N4O2/c1-3-15-34(16-4-1)36-29-30-43-45(33-36)55-50(51-49(43)44-25-9-12-28-48(44)60-51)37-19-13-20-38(31-37)53-56-52(35-17-5-2-6-18-35)57-54(58-53)39-21-14-22-40(32-39)59-46-26-10-7-23-41(46)42-24-8-11-27-47(42)59;1-3-13-33(14-4-1)35-17-11-18-36(29-35)37-25-27-42-45(32-37)55-50(51-49(42)43-22-8-10-24-47(43)60-51)38-19-12-20-39(30-38)53-56-52(34-15-5-2-6-16-34)57-54(58-53)40-26-28-48-44(31-40)41-21-7-9-23-46(41)59-48/h1-33H;1-32H. The van der Waals surface area contributed by atoms with E-state index in [1.54, 1.807) is 0 Å². The van der Waals surface area contributed by atoms with Gasteiger partial charge in [-0.1, -0.05) is 303 Å². The molecule has 0 bridgehead atoms. The summed E-state index contributed by atoms with van der Waals surface area (Å²) < 4.78 is 21.8. The van der Waals surface area contributed by atoms with Crippen molar-refractivity contribution in [1.29, 1.82) is 0 Å². The highest BCUT2D eigenvalue weighted by molar-refractivity contribution is 6.23. The zero-order chi connectivity index (χ0) is 79.1. The second-order valence-corrected chi connectivity index (χ2v) is 30.0. The quantitative estimate of drug-likeness (QED) is 0.115. The lowest BCUT2D eigenvalue weighted by molar-refractivity contribution is 0.668. The van der Waals surface area contributed by atoms with Crippen molar-refractivity contribution >= 4 is 109 Å². The average molecular weight is 1540 g/mol. The summed E-state index contributed by atoms with van der Waals surface area (Å²) in [6.45, 7) is 0. The van der Waals surface area contributed by atoms with Crippen LogP contribution >= 0.6 is 0 Å². The van der Waals surface area contributed by atoms with E-state index in [2.05, 4.69) is 253 Å². The molecule has 0 aliphatic carbocycles. The van der Waals surface area contributed by atoms with E-state index in [0.717, 1.165) is 182 Å². The van der Waals surface area contributed by atoms with E-state index in [0.29, 0.717) is 34.9 Å². The molecule has 0 aliphatic rings. The molecule has 12 heteroatoms. The molecule has 24 rings (SSSR count). The third-order valence-corrected chi connectivity index (χ3v) is 22.7. The SMILES string of the molecule is c1ccc(-c2ccc3c(c2)nc(-c2cccc(-c4nc(-c5ccccc5)nc(-c5cccc(-n6c7ccccc7c7ccccc76)c5)n4)c2)c2oc4ccccc4c23)cc1.c1ccc(-c2cccc(-c3ccc4c(c3)nc(-c3cccc(-c5nc(-c6ccccc6)nc(-c6ccc7oc8ccccc8c7c6)n5)c3)c3oc5ccccc5c34)c2)cc1. The van der Waals surface area contributed by atoms with Gasteiger partial charge in [-0.3, -0.25) is 0 Å². The molecule has 12 nitrogen and oxygen atoms in total. The number of para-hydroxylation sites is 5. The predicted octanol–water partition coefficient (Wildman–Crippen LogP) is 28.0. The van der Waals surface area contributed by atoms with Crippen LogP contribution in [0.15, 0.2) is 408 Å². The minimum absolute atomic E-state index is 0.556. The van der Waals surface area contributed by atoms with E-state index in [-0.39, 0.29) is 0 Å². The first kappa shape index (κ1) is 69.1. The molecule has 0 unspecified atom stereocenters. The van der Waals surface area contributed by atoms with Gasteiger partial charge < -0.3 is 17.8 Å². The summed E-state index contributed by atoms with van der Waals surface area (Å²) in [7, 11) is 0. The Hall–Kier alpha value is -16.4. The summed E-state index contributed by atoms with van der Waals surface area (Å²) in [4.78, 5) is 41.4. The second kappa shape index (κ2) is 28.8. The number of aromatic nitrogens is 9. The van der Waals surface area contributed by atoms with Crippen molar-refractivity contribution in [2.45, 2.75) is 0 Å². The number of fused-ring (bicyclic) bond motifs is 16. The Bertz CT molecular complexity index is 8130. The van der Waals surface area contributed by atoms with Crippen LogP contribution in [0.5, 0.6) is 0 Å². The van der Waals surface area contributed by atoms with Gasteiger partial charge in [0.1, 0.15) is 33.7 Å². The fourth-order valence-electron chi connectivity index (χ4n) is 17.0. The summed E-state index contributed by atoms with van der Waals surface area (Å²) in [5, 5.41) is 10.8. The van der Waals surface area contributed by atoms with Crippen molar-refractivity contribution in [3.05, 3.63) is 394 Å². The zero-order valence-corrected chi connectivity index (χ0v) is 64.3. The molecule has 0 radical (unpaired) electrons. The number of pyridine rings is 2. The molecule has 16 aromatic carbocycles. The van der Waals surface area contributed by atoms with Crippen LogP contribution in [0.3, 0.4) is 0 Å². The van der Waals surface area contributed by atoms with Crippen LogP contribution < -0.4 is 0 Å². The van der Waals surface area contributed by atoms with Gasteiger partial charge in [-0.2, -0.15) is 0 Å². The Balaban J connectivity index is 0.000000140. The first-order valence-electron chi connectivity index (χ1n) is 40.0. The van der Waals surface area contributed by atoms with Gasteiger partial charge in [0, 0.05) is 104 Å². The van der Waals surface area contributed by atoms with Crippen LogP contribution in [0, 0.1) is 0 Å². The zero-order valence-electron chi connectivity index (χ0n) is 64.3. The first-order valence-corrected chi connectivity index (χ1v) is 40.0. The molecule has 120 heavy (non-hydrogen) atoms. The topological polar surface area (TPSA) is 147 Å². The molecule has 0 saturated carbocycles. The third kappa shape index (κ3) is 12.2. The highest BCUT2D eigenvalue weighted by Gasteiger charge is 2.25. The van der Waals surface area contributed by atoms with Gasteiger partial charge in [0.15, 0.2) is 46.1 Å². The van der Waals surface area contributed by atoms with Crippen LogP contribution in [-0.4, -0.2) is 44.4 Å². The van der Waals surface area contributed by atoms with Crippen molar-refractivity contribution in [3.63, 3.8) is 0 Å². The Morgan fingerprint density at radius 2 is 0.492 bits per heavy atom. The third-order valence-electron chi connectivity index (χ3n) is 22.7. The highest BCUT2D eigenvalue weighted by Crippen LogP contribution is 2.45. The van der Waals surface area contributed by atoms with Crippen LogP contribution in [0.4, 0.5) is 0 Å². The molecular formula is C108H65N9O3. The summed E-state index contributed by atoms with van der Waals surface area (Å²) in [5.74, 6) is 3.47. The number of hydrogen-bond acceptors (Lipinski definition) is 11. The normalized spacial score (nSPS) is 11.7. The number of furan rings is 3. The van der Waals surface area contributed by atoms with Gasteiger partial charge in [0.05, 0.1) is 22.1 Å². The number of rotatable bonds is 12. The summed E-state index contributed by atoms with van der Waals surface area (Å²) >= 11 is 0. The van der Waals surface area contributed by atoms with Crippen molar-refractivity contribution < 1.29 is 13.3 Å². The molecule has 24 aromatic rings. The average Bonchev–Trinajstić information content (AvgIpc) is 1.56.